The van der Waals surface area contributed by atoms with Gasteiger partial charge in [0.2, 0.25) is 0 Å². The number of ether oxygens (including phenoxy) is 2. The summed E-state index contributed by atoms with van der Waals surface area (Å²) in [5.74, 6) is 0.597. The van der Waals surface area contributed by atoms with Crippen molar-refractivity contribution in [3.63, 3.8) is 0 Å². The van der Waals surface area contributed by atoms with E-state index in [1.54, 1.807) is 12.1 Å². The first-order chi connectivity index (χ1) is 8.24. The highest BCUT2D eigenvalue weighted by molar-refractivity contribution is 5.51. The smallest absolute Gasteiger partial charge is 0.142 e. The summed E-state index contributed by atoms with van der Waals surface area (Å²) in [6, 6.07) is 7.22. The third kappa shape index (κ3) is 5.56. The zero-order chi connectivity index (χ0) is 12.5. The molecule has 0 aliphatic heterocycles. The van der Waals surface area contributed by atoms with Crippen LogP contribution >= 0.6 is 0 Å². The lowest BCUT2D eigenvalue weighted by Gasteiger charge is -2.13. The van der Waals surface area contributed by atoms with E-state index in [-0.39, 0.29) is 6.61 Å². The molecule has 0 heterocycles. The normalized spacial score (nSPS) is 12.4. The Bertz CT molecular complexity index is 317. The molecular formula is C13H21NO3. The standard InChI is InChI=1S/C13H21NO3/c1-2-3-8-16-9-11(15)10-17-13-7-5-4-6-12(13)14/h4-7,11,15H,2-3,8-10,14H2,1H3. The monoisotopic (exact) mass is 239 g/mol. The van der Waals surface area contributed by atoms with Gasteiger partial charge in [-0.1, -0.05) is 25.5 Å². The third-order valence-electron chi connectivity index (χ3n) is 2.30. The average Bonchev–Trinajstić information content (AvgIpc) is 2.34. The van der Waals surface area contributed by atoms with Gasteiger partial charge in [0, 0.05) is 6.61 Å². The molecule has 0 aliphatic rings. The van der Waals surface area contributed by atoms with E-state index in [0.717, 1.165) is 12.8 Å². The number of aliphatic hydroxyl groups excluding tert-OH is 1. The largest absolute Gasteiger partial charge is 0.489 e. The number of hydrogen-bond donors (Lipinski definition) is 2. The van der Waals surface area contributed by atoms with E-state index < -0.39 is 6.10 Å². The van der Waals surface area contributed by atoms with Gasteiger partial charge >= 0.3 is 0 Å². The maximum atomic E-state index is 9.61. The molecule has 1 unspecified atom stereocenters. The lowest BCUT2D eigenvalue weighted by atomic mass is 10.3. The molecule has 3 N–H and O–H groups in total. The minimum absolute atomic E-state index is 0.195. The molecule has 4 heteroatoms. The van der Waals surface area contributed by atoms with Gasteiger partial charge in [-0.15, -0.1) is 0 Å². The van der Waals surface area contributed by atoms with Gasteiger partial charge in [0.05, 0.1) is 12.3 Å². The van der Waals surface area contributed by atoms with Crippen LogP contribution in [0.2, 0.25) is 0 Å². The van der Waals surface area contributed by atoms with Crippen molar-refractivity contribution >= 4 is 5.69 Å². The molecule has 0 aliphatic carbocycles. The Labute approximate surface area is 102 Å². The fourth-order valence-corrected chi connectivity index (χ4v) is 1.31. The lowest BCUT2D eigenvalue weighted by molar-refractivity contribution is 0.0114. The summed E-state index contributed by atoms with van der Waals surface area (Å²) in [5.41, 5.74) is 6.28. The van der Waals surface area contributed by atoms with Crippen LogP contribution in [-0.4, -0.2) is 31.0 Å². The molecule has 96 valence electrons. The van der Waals surface area contributed by atoms with Crippen LogP contribution in [0.15, 0.2) is 24.3 Å². The third-order valence-corrected chi connectivity index (χ3v) is 2.30. The summed E-state index contributed by atoms with van der Waals surface area (Å²) in [6.45, 7) is 3.27. The highest BCUT2D eigenvalue weighted by Gasteiger charge is 2.06. The number of nitrogens with two attached hydrogens (primary N) is 1. The zero-order valence-electron chi connectivity index (χ0n) is 10.3. The fourth-order valence-electron chi connectivity index (χ4n) is 1.31. The number of aliphatic hydroxyl groups is 1. The molecule has 0 aromatic heterocycles. The van der Waals surface area contributed by atoms with Crippen molar-refractivity contribution in [2.24, 2.45) is 0 Å². The molecule has 17 heavy (non-hydrogen) atoms. The van der Waals surface area contributed by atoms with Crippen LogP contribution in [0.4, 0.5) is 5.69 Å². The van der Waals surface area contributed by atoms with Crippen molar-refractivity contribution in [3.8, 4) is 5.75 Å². The second kappa shape index (κ2) is 7.92. The summed E-state index contributed by atoms with van der Waals surface area (Å²) in [4.78, 5) is 0. The second-order valence-corrected chi connectivity index (χ2v) is 3.93. The molecule has 0 fully saturated rings. The first-order valence-electron chi connectivity index (χ1n) is 5.97. The summed E-state index contributed by atoms with van der Waals surface area (Å²) in [7, 11) is 0. The fraction of sp³-hybridized carbons (Fsp3) is 0.538. The van der Waals surface area contributed by atoms with E-state index in [4.69, 9.17) is 15.2 Å². The van der Waals surface area contributed by atoms with Crippen LogP contribution < -0.4 is 10.5 Å². The van der Waals surface area contributed by atoms with Crippen molar-refractivity contribution in [1.82, 2.24) is 0 Å². The van der Waals surface area contributed by atoms with Crippen LogP contribution in [0, 0.1) is 0 Å². The molecular weight excluding hydrogens is 218 g/mol. The minimum Gasteiger partial charge on any atom is -0.489 e. The van der Waals surface area contributed by atoms with Crippen molar-refractivity contribution in [2.75, 3.05) is 25.6 Å². The Morgan fingerprint density at radius 2 is 2.06 bits per heavy atom. The van der Waals surface area contributed by atoms with Crippen molar-refractivity contribution in [1.29, 1.82) is 0 Å². The zero-order valence-corrected chi connectivity index (χ0v) is 10.3. The quantitative estimate of drug-likeness (QED) is 0.536. The number of hydrogen-bond acceptors (Lipinski definition) is 4. The molecule has 1 rings (SSSR count). The van der Waals surface area contributed by atoms with Crippen molar-refractivity contribution in [3.05, 3.63) is 24.3 Å². The van der Waals surface area contributed by atoms with Gasteiger partial charge in [0.15, 0.2) is 0 Å². The van der Waals surface area contributed by atoms with E-state index in [1.807, 2.05) is 12.1 Å². The second-order valence-electron chi connectivity index (χ2n) is 3.93. The predicted octanol–water partition coefficient (Wildman–Crippen LogP) is 1.83. The highest BCUT2D eigenvalue weighted by atomic mass is 16.5. The Kier molecular flexibility index (Phi) is 6.43. The molecule has 0 bridgehead atoms. The molecule has 1 aromatic rings. The van der Waals surface area contributed by atoms with Crippen LogP contribution in [0.1, 0.15) is 19.8 Å². The summed E-state index contributed by atoms with van der Waals surface area (Å²) < 4.78 is 10.7. The number of benzene rings is 1. The predicted molar refractivity (Wildman–Crippen MR) is 68.1 cm³/mol. The molecule has 0 saturated heterocycles. The van der Waals surface area contributed by atoms with Gasteiger partial charge in [-0.2, -0.15) is 0 Å². The topological polar surface area (TPSA) is 64.7 Å². The molecule has 1 atom stereocenters. The molecule has 1 aromatic carbocycles. The lowest BCUT2D eigenvalue weighted by Crippen LogP contribution is -2.23. The van der Waals surface area contributed by atoms with Gasteiger partial charge in [0.25, 0.3) is 0 Å². The molecule has 0 saturated carbocycles. The Balaban J connectivity index is 2.19. The first kappa shape index (κ1) is 13.8. The van der Waals surface area contributed by atoms with Gasteiger partial charge in [-0.3, -0.25) is 0 Å². The van der Waals surface area contributed by atoms with Crippen LogP contribution in [0.5, 0.6) is 5.75 Å². The maximum absolute atomic E-state index is 9.61. The van der Waals surface area contributed by atoms with Crippen LogP contribution in [-0.2, 0) is 4.74 Å². The molecule has 4 nitrogen and oxygen atoms in total. The summed E-state index contributed by atoms with van der Waals surface area (Å²) >= 11 is 0. The first-order valence-corrected chi connectivity index (χ1v) is 5.97. The van der Waals surface area contributed by atoms with E-state index in [2.05, 4.69) is 6.92 Å². The highest BCUT2D eigenvalue weighted by Crippen LogP contribution is 2.19. The molecule has 0 amide bonds. The van der Waals surface area contributed by atoms with Crippen molar-refractivity contribution in [2.45, 2.75) is 25.9 Å². The van der Waals surface area contributed by atoms with E-state index in [9.17, 15) is 5.11 Å². The van der Waals surface area contributed by atoms with Gasteiger partial charge in [-0.05, 0) is 18.6 Å². The minimum atomic E-state index is -0.619. The van der Waals surface area contributed by atoms with E-state index >= 15 is 0 Å². The van der Waals surface area contributed by atoms with E-state index in [1.165, 1.54) is 0 Å². The van der Waals surface area contributed by atoms with E-state index in [0.29, 0.717) is 24.7 Å². The maximum Gasteiger partial charge on any atom is 0.142 e. The molecule has 0 radical (unpaired) electrons. The average molecular weight is 239 g/mol. The summed E-state index contributed by atoms with van der Waals surface area (Å²) in [5, 5.41) is 9.61. The van der Waals surface area contributed by atoms with Gasteiger partial charge < -0.3 is 20.3 Å². The SMILES string of the molecule is CCCCOCC(O)COc1ccccc1N. The molecule has 0 spiro atoms. The number of unbranched alkanes of at least 4 members (excludes halogenated alkanes) is 1. The Morgan fingerprint density at radius 3 is 2.76 bits per heavy atom. The van der Waals surface area contributed by atoms with Crippen molar-refractivity contribution < 1.29 is 14.6 Å². The van der Waals surface area contributed by atoms with Gasteiger partial charge in [0.1, 0.15) is 18.5 Å². The number of para-hydroxylation sites is 2. The number of anilines is 1. The summed E-state index contributed by atoms with van der Waals surface area (Å²) in [6.07, 6.45) is 1.48. The number of nitrogen functional groups attached to an aromatic ring is 1. The Morgan fingerprint density at radius 1 is 1.29 bits per heavy atom. The Hall–Kier alpha value is -1.26. The number of rotatable bonds is 8. The van der Waals surface area contributed by atoms with Gasteiger partial charge in [-0.25, -0.2) is 0 Å². The van der Waals surface area contributed by atoms with Crippen LogP contribution in [0.3, 0.4) is 0 Å². The van der Waals surface area contributed by atoms with Crippen LogP contribution in [0.25, 0.3) is 0 Å².